The summed E-state index contributed by atoms with van der Waals surface area (Å²) in [5.41, 5.74) is 1.70. The summed E-state index contributed by atoms with van der Waals surface area (Å²) in [6, 6.07) is 3.78. The Balaban J connectivity index is 1.83. The fraction of sp³-hybridized carbons (Fsp3) is 0.429. The molecule has 0 bridgehead atoms. The first-order valence-electron chi connectivity index (χ1n) is 6.55. The molecule has 2 aromatic heterocycles. The predicted molar refractivity (Wildman–Crippen MR) is 75.3 cm³/mol. The van der Waals surface area contributed by atoms with Gasteiger partial charge in [0.25, 0.3) is 0 Å². The molecule has 3 N–H and O–H groups in total. The lowest BCUT2D eigenvalue weighted by atomic mass is 10.1. The van der Waals surface area contributed by atoms with E-state index in [-0.39, 0.29) is 12.5 Å². The molecular formula is C14H19N3O3. The Morgan fingerprint density at radius 1 is 1.60 bits per heavy atom. The molecule has 0 saturated carbocycles. The number of H-pyrrole nitrogens is 1. The van der Waals surface area contributed by atoms with Crippen molar-refractivity contribution in [3.8, 4) is 0 Å². The maximum Gasteiger partial charge on any atom is 0.224 e. The van der Waals surface area contributed by atoms with Gasteiger partial charge in [0, 0.05) is 31.4 Å². The van der Waals surface area contributed by atoms with Crippen LogP contribution in [0.3, 0.4) is 0 Å². The third kappa shape index (κ3) is 3.79. The molecule has 108 valence electrons. The van der Waals surface area contributed by atoms with Crippen molar-refractivity contribution in [3.05, 3.63) is 30.1 Å². The topological polar surface area (TPSA) is 87.2 Å². The predicted octanol–water partition coefficient (Wildman–Crippen LogP) is 0.619. The standard InChI is InChI=1S/C14H19N3O3/c1-20-9-11(18)4-6-15-13(19)7-10-8-17-14-12(10)3-2-5-16-14/h2-3,5,8,11,18H,4,6-7,9H2,1H3,(H,15,19)(H,16,17). The monoisotopic (exact) mass is 277 g/mol. The van der Waals surface area contributed by atoms with Gasteiger partial charge in [-0.2, -0.15) is 0 Å². The van der Waals surface area contributed by atoms with Gasteiger partial charge >= 0.3 is 0 Å². The van der Waals surface area contributed by atoms with Gasteiger partial charge in [0.15, 0.2) is 0 Å². The number of hydrogen-bond donors (Lipinski definition) is 3. The summed E-state index contributed by atoms with van der Waals surface area (Å²) in [4.78, 5) is 19.1. The first-order valence-corrected chi connectivity index (χ1v) is 6.55. The van der Waals surface area contributed by atoms with Gasteiger partial charge < -0.3 is 20.1 Å². The second kappa shape index (κ2) is 7.02. The fourth-order valence-corrected chi connectivity index (χ4v) is 2.05. The first kappa shape index (κ1) is 14.5. The van der Waals surface area contributed by atoms with Crippen LogP contribution in [0.25, 0.3) is 11.0 Å². The fourth-order valence-electron chi connectivity index (χ4n) is 2.05. The van der Waals surface area contributed by atoms with E-state index in [1.54, 1.807) is 12.4 Å². The van der Waals surface area contributed by atoms with Crippen molar-refractivity contribution in [2.75, 3.05) is 20.3 Å². The van der Waals surface area contributed by atoms with Crippen LogP contribution in [-0.2, 0) is 16.0 Å². The minimum atomic E-state index is -0.544. The molecule has 0 aliphatic heterocycles. The molecule has 1 atom stereocenters. The Labute approximate surface area is 117 Å². The number of aliphatic hydroxyl groups excluding tert-OH is 1. The van der Waals surface area contributed by atoms with E-state index >= 15 is 0 Å². The highest BCUT2D eigenvalue weighted by Gasteiger charge is 2.09. The lowest BCUT2D eigenvalue weighted by Crippen LogP contribution is -2.29. The van der Waals surface area contributed by atoms with Crippen molar-refractivity contribution in [1.29, 1.82) is 0 Å². The molecule has 1 unspecified atom stereocenters. The maximum absolute atomic E-state index is 11.8. The zero-order valence-corrected chi connectivity index (χ0v) is 11.4. The highest BCUT2D eigenvalue weighted by atomic mass is 16.5. The Morgan fingerprint density at radius 2 is 2.45 bits per heavy atom. The zero-order chi connectivity index (χ0) is 14.4. The van der Waals surface area contributed by atoms with Gasteiger partial charge in [0.2, 0.25) is 5.91 Å². The van der Waals surface area contributed by atoms with Crippen LogP contribution in [-0.4, -0.2) is 47.3 Å². The number of nitrogens with one attached hydrogen (secondary N) is 2. The molecule has 6 heteroatoms. The molecule has 6 nitrogen and oxygen atoms in total. The molecule has 0 fully saturated rings. The number of rotatable bonds is 7. The van der Waals surface area contributed by atoms with Gasteiger partial charge in [-0.1, -0.05) is 0 Å². The van der Waals surface area contributed by atoms with Crippen molar-refractivity contribution >= 4 is 16.9 Å². The lowest BCUT2D eigenvalue weighted by Gasteiger charge is -2.09. The first-order chi connectivity index (χ1) is 9.70. The molecule has 0 saturated heterocycles. The summed E-state index contributed by atoms with van der Waals surface area (Å²) < 4.78 is 4.82. The average Bonchev–Trinajstić information content (AvgIpc) is 2.83. The third-order valence-corrected chi connectivity index (χ3v) is 3.05. The molecular weight excluding hydrogens is 258 g/mol. The van der Waals surface area contributed by atoms with Crippen molar-refractivity contribution in [3.63, 3.8) is 0 Å². The van der Waals surface area contributed by atoms with Crippen molar-refractivity contribution in [2.45, 2.75) is 18.9 Å². The van der Waals surface area contributed by atoms with Crippen LogP contribution in [0.4, 0.5) is 0 Å². The molecule has 1 amide bonds. The van der Waals surface area contributed by atoms with E-state index in [9.17, 15) is 9.90 Å². The number of fused-ring (bicyclic) bond motifs is 1. The van der Waals surface area contributed by atoms with Crippen LogP contribution < -0.4 is 5.32 Å². The summed E-state index contributed by atoms with van der Waals surface area (Å²) in [5, 5.41) is 13.2. The number of aromatic nitrogens is 2. The Morgan fingerprint density at radius 3 is 3.25 bits per heavy atom. The van der Waals surface area contributed by atoms with Crippen LogP contribution >= 0.6 is 0 Å². The highest BCUT2D eigenvalue weighted by molar-refractivity contribution is 5.86. The number of aliphatic hydroxyl groups is 1. The Bertz CT molecular complexity index is 568. The normalized spacial score (nSPS) is 12.5. The minimum Gasteiger partial charge on any atom is -0.391 e. The summed E-state index contributed by atoms with van der Waals surface area (Å²) in [6.07, 6.45) is 3.75. The van der Waals surface area contributed by atoms with Gasteiger partial charge in [0.1, 0.15) is 5.65 Å². The lowest BCUT2D eigenvalue weighted by molar-refractivity contribution is -0.120. The average molecular weight is 277 g/mol. The van der Waals surface area contributed by atoms with Crippen molar-refractivity contribution < 1.29 is 14.6 Å². The van der Waals surface area contributed by atoms with Crippen LogP contribution in [0.5, 0.6) is 0 Å². The maximum atomic E-state index is 11.8. The summed E-state index contributed by atoms with van der Waals surface area (Å²) in [7, 11) is 1.53. The number of carbonyl (C=O) groups excluding carboxylic acids is 1. The van der Waals surface area contributed by atoms with Gasteiger partial charge in [-0.3, -0.25) is 4.79 Å². The van der Waals surface area contributed by atoms with Crippen molar-refractivity contribution in [2.24, 2.45) is 0 Å². The van der Waals surface area contributed by atoms with Gasteiger partial charge in [0.05, 0.1) is 19.1 Å². The van der Waals surface area contributed by atoms with Gasteiger partial charge in [-0.15, -0.1) is 0 Å². The molecule has 20 heavy (non-hydrogen) atoms. The summed E-state index contributed by atoms with van der Waals surface area (Å²) >= 11 is 0. The molecule has 0 radical (unpaired) electrons. The van der Waals surface area contributed by atoms with E-state index in [1.807, 2.05) is 12.1 Å². The van der Waals surface area contributed by atoms with Gasteiger partial charge in [-0.05, 0) is 24.1 Å². The smallest absolute Gasteiger partial charge is 0.224 e. The summed E-state index contributed by atoms with van der Waals surface area (Å²) in [5.74, 6) is -0.0700. The third-order valence-electron chi connectivity index (χ3n) is 3.05. The quantitative estimate of drug-likeness (QED) is 0.692. The van der Waals surface area contributed by atoms with Gasteiger partial charge in [-0.25, -0.2) is 4.98 Å². The van der Waals surface area contributed by atoms with Crippen LogP contribution in [0.15, 0.2) is 24.5 Å². The number of methoxy groups -OCH3 is 1. The second-order valence-corrected chi connectivity index (χ2v) is 4.64. The molecule has 0 spiro atoms. The van der Waals surface area contributed by atoms with E-state index in [4.69, 9.17) is 4.74 Å². The SMILES string of the molecule is COCC(O)CCNC(=O)Cc1c[nH]c2ncccc12. The highest BCUT2D eigenvalue weighted by Crippen LogP contribution is 2.15. The Hall–Kier alpha value is -1.92. The largest absolute Gasteiger partial charge is 0.391 e. The number of pyridine rings is 1. The summed E-state index contributed by atoms with van der Waals surface area (Å²) in [6.45, 7) is 0.716. The van der Waals surface area contributed by atoms with E-state index in [0.717, 1.165) is 16.6 Å². The molecule has 2 heterocycles. The minimum absolute atomic E-state index is 0.0700. The molecule has 0 aromatic carbocycles. The number of nitrogens with zero attached hydrogens (tertiary/aromatic N) is 1. The van der Waals surface area contributed by atoms with Crippen LogP contribution in [0.1, 0.15) is 12.0 Å². The number of aromatic amines is 1. The molecule has 2 aromatic rings. The number of amides is 1. The van der Waals surface area contributed by atoms with E-state index in [1.165, 1.54) is 7.11 Å². The number of carbonyl (C=O) groups is 1. The van der Waals surface area contributed by atoms with E-state index in [2.05, 4.69) is 15.3 Å². The van der Waals surface area contributed by atoms with Crippen LogP contribution in [0, 0.1) is 0 Å². The second-order valence-electron chi connectivity index (χ2n) is 4.64. The molecule has 0 aliphatic carbocycles. The van der Waals surface area contributed by atoms with Crippen molar-refractivity contribution in [1.82, 2.24) is 15.3 Å². The van der Waals surface area contributed by atoms with Crippen LogP contribution in [0.2, 0.25) is 0 Å². The van der Waals surface area contributed by atoms with E-state index < -0.39 is 6.10 Å². The number of ether oxygens (including phenoxy) is 1. The van der Waals surface area contributed by atoms with E-state index in [0.29, 0.717) is 19.4 Å². The molecule has 0 aliphatic rings. The molecule has 2 rings (SSSR count). The Kier molecular flexibility index (Phi) is 5.09. The number of hydrogen-bond acceptors (Lipinski definition) is 4. The zero-order valence-electron chi connectivity index (χ0n) is 11.4.